The molecule has 0 bridgehead atoms. The minimum atomic E-state index is -4.09. The molecular formula is C12H15F3N2O2. The zero-order valence-electron chi connectivity index (χ0n) is 10.2. The molecule has 0 saturated heterocycles. The number of alkyl halides is 3. The largest absolute Gasteiger partial charge is 0.478 e. The SMILES string of the molecule is O=C(O)c1ccc(CNCCCCC(F)(F)F)nc1. The van der Waals surface area contributed by atoms with Crippen molar-refractivity contribution in [3.8, 4) is 0 Å². The summed E-state index contributed by atoms with van der Waals surface area (Å²) in [7, 11) is 0. The number of halogens is 3. The van der Waals surface area contributed by atoms with Crippen LogP contribution in [0.15, 0.2) is 18.3 Å². The second-order valence-electron chi connectivity index (χ2n) is 4.09. The van der Waals surface area contributed by atoms with Gasteiger partial charge in [0.2, 0.25) is 0 Å². The van der Waals surface area contributed by atoms with E-state index in [1.165, 1.54) is 12.3 Å². The van der Waals surface area contributed by atoms with Crippen LogP contribution in [-0.2, 0) is 6.54 Å². The first kappa shape index (κ1) is 15.4. The third kappa shape index (κ3) is 6.76. The molecule has 2 N–H and O–H groups in total. The lowest BCUT2D eigenvalue weighted by atomic mass is 10.2. The molecule has 0 amide bonds. The van der Waals surface area contributed by atoms with E-state index in [4.69, 9.17) is 5.11 Å². The van der Waals surface area contributed by atoms with Crippen LogP contribution in [0, 0.1) is 0 Å². The highest BCUT2D eigenvalue weighted by Crippen LogP contribution is 2.21. The first-order valence-corrected chi connectivity index (χ1v) is 5.84. The number of unbranched alkanes of at least 4 members (excludes halogenated alkanes) is 1. The van der Waals surface area contributed by atoms with Gasteiger partial charge in [0, 0.05) is 19.2 Å². The van der Waals surface area contributed by atoms with E-state index < -0.39 is 18.6 Å². The molecule has 106 valence electrons. The Morgan fingerprint density at radius 3 is 2.58 bits per heavy atom. The van der Waals surface area contributed by atoms with Crippen LogP contribution in [-0.4, -0.2) is 28.8 Å². The van der Waals surface area contributed by atoms with Crippen molar-refractivity contribution >= 4 is 5.97 Å². The maximum Gasteiger partial charge on any atom is 0.389 e. The zero-order valence-corrected chi connectivity index (χ0v) is 10.2. The summed E-state index contributed by atoms with van der Waals surface area (Å²) in [6, 6.07) is 3.02. The molecule has 7 heteroatoms. The van der Waals surface area contributed by atoms with E-state index in [-0.39, 0.29) is 12.0 Å². The number of carboxylic acids is 1. The lowest BCUT2D eigenvalue weighted by Gasteiger charge is -2.07. The van der Waals surface area contributed by atoms with Gasteiger partial charge in [-0.15, -0.1) is 0 Å². The monoisotopic (exact) mass is 276 g/mol. The summed E-state index contributed by atoms with van der Waals surface area (Å²) in [6.07, 6.45) is -3.06. The van der Waals surface area contributed by atoms with Gasteiger partial charge in [0.25, 0.3) is 0 Å². The number of aromatic carboxylic acids is 1. The number of nitrogens with zero attached hydrogens (tertiary/aromatic N) is 1. The molecular weight excluding hydrogens is 261 g/mol. The number of rotatable bonds is 7. The smallest absolute Gasteiger partial charge is 0.389 e. The molecule has 0 fully saturated rings. The van der Waals surface area contributed by atoms with Crippen LogP contribution in [0.4, 0.5) is 13.2 Å². The van der Waals surface area contributed by atoms with Crippen molar-refractivity contribution in [3.63, 3.8) is 0 Å². The van der Waals surface area contributed by atoms with Crippen LogP contribution >= 0.6 is 0 Å². The normalized spacial score (nSPS) is 11.5. The lowest BCUT2D eigenvalue weighted by Crippen LogP contribution is -2.16. The predicted molar refractivity (Wildman–Crippen MR) is 62.8 cm³/mol. The molecule has 0 aliphatic rings. The Hall–Kier alpha value is -1.63. The van der Waals surface area contributed by atoms with E-state index in [1.807, 2.05) is 0 Å². The summed E-state index contributed by atoms with van der Waals surface area (Å²) >= 11 is 0. The second kappa shape index (κ2) is 7.08. The van der Waals surface area contributed by atoms with Gasteiger partial charge >= 0.3 is 12.1 Å². The Kier molecular flexibility index (Phi) is 5.75. The number of hydrogen-bond acceptors (Lipinski definition) is 3. The predicted octanol–water partition coefficient (Wildman–Crippen LogP) is 2.60. The van der Waals surface area contributed by atoms with Crippen molar-refractivity contribution in [2.75, 3.05) is 6.54 Å². The van der Waals surface area contributed by atoms with Crippen molar-refractivity contribution in [1.82, 2.24) is 10.3 Å². The fraction of sp³-hybridized carbons (Fsp3) is 0.500. The van der Waals surface area contributed by atoms with Gasteiger partial charge in [0.15, 0.2) is 0 Å². The Labute approximate surface area is 108 Å². The molecule has 0 unspecified atom stereocenters. The number of hydrogen-bond donors (Lipinski definition) is 2. The Bertz CT molecular complexity index is 404. The van der Waals surface area contributed by atoms with Gasteiger partial charge in [-0.1, -0.05) is 0 Å². The number of nitrogens with one attached hydrogen (secondary N) is 1. The molecule has 1 heterocycles. The minimum Gasteiger partial charge on any atom is -0.478 e. The van der Waals surface area contributed by atoms with Crippen LogP contribution < -0.4 is 5.32 Å². The van der Waals surface area contributed by atoms with Crippen LogP contribution in [0.5, 0.6) is 0 Å². The molecule has 19 heavy (non-hydrogen) atoms. The van der Waals surface area contributed by atoms with Crippen LogP contribution in [0.3, 0.4) is 0 Å². The van der Waals surface area contributed by atoms with Gasteiger partial charge in [-0.3, -0.25) is 4.98 Å². The third-order valence-electron chi connectivity index (χ3n) is 2.44. The summed E-state index contributed by atoms with van der Waals surface area (Å²) in [5.41, 5.74) is 0.759. The van der Waals surface area contributed by atoms with E-state index in [0.29, 0.717) is 25.2 Å². The molecule has 1 rings (SSSR count). The van der Waals surface area contributed by atoms with E-state index in [9.17, 15) is 18.0 Å². The maximum atomic E-state index is 11.9. The summed E-state index contributed by atoms with van der Waals surface area (Å²) in [6.45, 7) is 0.879. The average Bonchev–Trinajstić information content (AvgIpc) is 2.33. The zero-order chi connectivity index (χ0) is 14.3. The van der Waals surface area contributed by atoms with Crippen LogP contribution in [0.2, 0.25) is 0 Å². The second-order valence-corrected chi connectivity index (χ2v) is 4.09. The number of carbonyl (C=O) groups is 1. The fourth-order valence-electron chi connectivity index (χ4n) is 1.45. The molecule has 0 aliphatic carbocycles. The molecule has 0 spiro atoms. The maximum absolute atomic E-state index is 11.9. The first-order valence-electron chi connectivity index (χ1n) is 5.84. The highest BCUT2D eigenvalue weighted by atomic mass is 19.4. The Morgan fingerprint density at radius 2 is 2.05 bits per heavy atom. The van der Waals surface area contributed by atoms with Gasteiger partial charge in [-0.05, 0) is 31.5 Å². The number of aromatic nitrogens is 1. The highest BCUT2D eigenvalue weighted by molar-refractivity contribution is 5.87. The lowest BCUT2D eigenvalue weighted by molar-refractivity contribution is -0.135. The van der Waals surface area contributed by atoms with Crippen molar-refractivity contribution in [3.05, 3.63) is 29.6 Å². The molecule has 4 nitrogen and oxygen atoms in total. The molecule has 0 saturated carbocycles. The fourth-order valence-corrected chi connectivity index (χ4v) is 1.45. The molecule has 0 atom stereocenters. The quantitative estimate of drug-likeness (QED) is 0.751. The summed E-state index contributed by atoms with van der Waals surface area (Å²) in [5, 5.41) is 11.6. The highest BCUT2D eigenvalue weighted by Gasteiger charge is 2.25. The first-order chi connectivity index (χ1) is 8.88. The molecule has 1 aromatic heterocycles. The van der Waals surface area contributed by atoms with E-state index >= 15 is 0 Å². The summed E-state index contributed by atoms with van der Waals surface area (Å²) < 4.78 is 35.6. The Balaban J connectivity index is 2.17. The van der Waals surface area contributed by atoms with Gasteiger partial charge in [0.1, 0.15) is 0 Å². The van der Waals surface area contributed by atoms with Crippen molar-refractivity contribution in [2.24, 2.45) is 0 Å². The van der Waals surface area contributed by atoms with Crippen LogP contribution in [0.25, 0.3) is 0 Å². The molecule has 1 aromatic rings. The molecule has 0 aromatic carbocycles. The minimum absolute atomic E-state index is 0.0991. The van der Waals surface area contributed by atoms with Crippen molar-refractivity contribution < 1.29 is 23.1 Å². The third-order valence-corrected chi connectivity index (χ3v) is 2.44. The van der Waals surface area contributed by atoms with Crippen LogP contribution in [0.1, 0.15) is 35.3 Å². The van der Waals surface area contributed by atoms with E-state index in [1.54, 1.807) is 6.07 Å². The van der Waals surface area contributed by atoms with Gasteiger partial charge in [-0.2, -0.15) is 13.2 Å². The standard InChI is InChI=1S/C12H15F3N2O2/c13-12(14,15)5-1-2-6-16-8-10-4-3-9(7-17-10)11(18)19/h3-4,7,16H,1-2,5-6,8H2,(H,18,19). The summed E-state index contributed by atoms with van der Waals surface area (Å²) in [5.74, 6) is -1.04. The van der Waals surface area contributed by atoms with Crippen molar-refractivity contribution in [2.45, 2.75) is 32.0 Å². The topological polar surface area (TPSA) is 62.2 Å². The number of carboxylic acid groups (broad SMARTS) is 1. The average molecular weight is 276 g/mol. The molecule has 0 aliphatic heterocycles. The van der Waals surface area contributed by atoms with E-state index in [0.717, 1.165) is 0 Å². The number of pyridine rings is 1. The van der Waals surface area contributed by atoms with E-state index in [2.05, 4.69) is 10.3 Å². The summed E-state index contributed by atoms with van der Waals surface area (Å²) in [4.78, 5) is 14.5. The Morgan fingerprint density at radius 1 is 1.32 bits per heavy atom. The van der Waals surface area contributed by atoms with Gasteiger partial charge < -0.3 is 10.4 Å². The van der Waals surface area contributed by atoms with Crippen molar-refractivity contribution in [1.29, 1.82) is 0 Å². The molecule has 0 radical (unpaired) electrons. The van der Waals surface area contributed by atoms with Gasteiger partial charge in [-0.25, -0.2) is 4.79 Å². The van der Waals surface area contributed by atoms with Gasteiger partial charge in [0.05, 0.1) is 11.3 Å².